The molecule has 0 aliphatic rings. The SMILES string of the molecule is O=c1c2cc(Br)ccc2ncn1Cc1ccnc(Cl)c1. The molecule has 3 aromatic rings. The number of pyridine rings is 1. The van der Waals surface area contributed by atoms with Crippen molar-refractivity contribution >= 4 is 38.4 Å². The summed E-state index contributed by atoms with van der Waals surface area (Å²) >= 11 is 9.21. The fraction of sp³-hybridized carbons (Fsp3) is 0.0714. The summed E-state index contributed by atoms with van der Waals surface area (Å²) in [7, 11) is 0. The minimum atomic E-state index is -0.0794. The minimum absolute atomic E-state index is 0.0794. The predicted molar refractivity (Wildman–Crippen MR) is 82.1 cm³/mol. The third-order valence-electron chi connectivity index (χ3n) is 2.93. The van der Waals surface area contributed by atoms with E-state index < -0.39 is 0 Å². The van der Waals surface area contributed by atoms with Gasteiger partial charge in [0.1, 0.15) is 5.15 Å². The van der Waals surface area contributed by atoms with Gasteiger partial charge in [0.15, 0.2) is 0 Å². The van der Waals surface area contributed by atoms with E-state index >= 15 is 0 Å². The summed E-state index contributed by atoms with van der Waals surface area (Å²) in [6, 6.07) is 9.01. The van der Waals surface area contributed by atoms with Crippen LogP contribution < -0.4 is 5.56 Å². The Bertz CT molecular complexity index is 847. The molecule has 20 heavy (non-hydrogen) atoms. The van der Waals surface area contributed by atoms with Crippen LogP contribution in [0.25, 0.3) is 10.9 Å². The zero-order valence-corrected chi connectivity index (χ0v) is 12.6. The van der Waals surface area contributed by atoms with E-state index in [1.165, 1.54) is 0 Å². The van der Waals surface area contributed by atoms with Crippen molar-refractivity contribution in [3.63, 3.8) is 0 Å². The van der Waals surface area contributed by atoms with Crippen LogP contribution in [0.3, 0.4) is 0 Å². The van der Waals surface area contributed by atoms with E-state index in [2.05, 4.69) is 25.9 Å². The Morgan fingerprint density at radius 2 is 2.05 bits per heavy atom. The van der Waals surface area contributed by atoms with Gasteiger partial charge < -0.3 is 0 Å². The van der Waals surface area contributed by atoms with E-state index in [-0.39, 0.29) is 5.56 Å². The van der Waals surface area contributed by atoms with Crippen LogP contribution in [0.5, 0.6) is 0 Å². The average Bonchev–Trinajstić information content (AvgIpc) is 2.43. The number of benzene rings is 1. The van der Waals surface area contributed by atoms with E-state index in [1.54, 1.807) is 29.2 Å². The molecule has 0 aliphatic carbocycles. The zero-order chi connectivity index (χ0) is 14.1. The average molecular weight is 351 g/mol. The molecule has 100 valence electrons. The highest BCUT2D eigenvalue weighted by Crippen LogP contribution is 2.15. The molecule has 0 spiro atoms. The van der Waals surface area contributed by atoms with Crippen molar-refractivity contribution in [1.82, 2.24) is 14.5 Å². The molecular formula is C14H9BrClN3O. The van der Waals surface area contributed by atoms with Gasteiger partial charge in [-0.1, -0.05) is 27.5 Å². The molecule has 4 nitrogen and oxygen atoms in total. The van der Waals surface area contributed by atoms with Crippen molar-refractivity contribution in [2.45, 2.75) is 6.54 Å². The zero-order valence-electron chi connectivity index (χ0n) is 10.3. The fourth-order valence-electron chi connectivity index (χ4n) is 1.98. The van der Waals surface area contributed by atoms with Gasteiger partial charge in [-0.25, -0.2) is 9.97 Å². The Hall–Kier alpha value is -1.72. The monoisotopic (exact) mass is 349 g/mol. The first-order chi connectivity index (χ1) is 9.63. The number of hydrogen-bond acceptors (Lipinski definition) is 3. The third-order valence-corrected chi connectivity index (χ3v) is 3.63. The van der Waals surface area contributed by atoms with Crippen molar-refractivity contribution in [1.29, 1.82) is 0 Å². The van der Waals surface area contributed by atoms with Gasteiger partial charge >= 0.3 is 0 Å². The first-order valence-corrected chi connectivity index (χ1v) is 7.06. The molecule has 0 saturated heterocycles. The Morgan fingerprint density at radius 1 is 1.20 bits per heavy atom. The molecule has 0 bridgehead atoms. The van der Waals surface area contributed by atoms with Crippen molar-refractivity contribution in [3.8, 4) is 0 Å². The third kappa shape index (κ3) is 2.59. The summed E-state index contributed by atoms with van der Waals surface area (Å²) < 4.78 is 2.41. The van der Waals surface area contributed by atoms with Crippen molar-refractivity contribution in [2.75, 3.05) is 0 Å². The molecule has 0 N–H and O–H groups in total. The van der Waals surface area contributed by atoms with Crippen molar-refractivity contribution in [2.24, 2.45) is 0 Å². The number of aromatic nitrogens is 3. The van der Waals surface area contributed by atoms with Crippen LogP contribution >= 0.6 is 27.5 Å². The first kappa shape index (κ1) is 13.3. The number of fused-ring (bicyclic) bond motifs is 1. The quantitative estimate of drug-likeness (QED) is 0.667. The Morgan fingerprint density at radius 3 is 2.85 bits per heavy atom. The second-order valence-corrected chi connectivity index (χ2v) is 5.63. The smallest absolute Gasteiger partial charge is 0.261 e. The number of halogens is 2. The second-order valence-electron chi connectivity index (χ2n) is 4.33. The Kier molecular flexibility index (Phi) is 3.54. The maximum absolute atomic E-state index is 12.4. The highest BCUT2D eigenvalue weighted by molar-refractivity contribution is 9.10. The molecule has 0 radical (unpaired) electrons. The van der Waals surface area contributed by atoms with Gasteiger partial charge in [-0.05, 0) is 35.9 Å². The normalized spacial score (nSPS) is 10.9. The van der Waals surface area contributed by atoms with Gasteiger partial charge in [0, 0.05) is 10.7 Å². The lowest BCUT2D eigenvalue weighted by Gasteiger charge is -2.07. The van der Waals surface area contributed by atoms with Crippen LogP contribution in [0.1, 0.15) is 5.56 Å². The van der Waals surface area contributed by atoms with E-state index in [0.717, 1.165) is 10.0 Å². The Balaban J connectivity index is 2.08. The second kappa shape index (κ2) is 5.34. The minimum Gasteiger partial charge on any atom is -0.294 e. The molecule has 2 aromatic heterocycles. The molecule has 1 aromatic carbocycles. The number of hydrogen-bond donors (Lipinski definition) is 0. The fourth-order valence-corrected chi connectivity index (χ4v) is 2.54. The topological polar surface area (TPSA) is 47.8 Å². The lowest BCUT2D eigenvalue weighted by molar-refractivity contribution is 0.747. The van der Waals surface area contributed by atoms with Gasteiger partial charge in [0.25, 0.3) is 5.56 Å². The number of rotatable bonds is 2. The summed E-state index contributed by atoms with van der Waals surface area (Å²) in [5.41, 5.74) is 1.51. The van der Waals surface area contributed by atoms with Crippen LogP contribution in [-0.2, 0) is 6.54 Å². The highest BCUT2D eigenvalue weighted by atomic mass is 79.9. The van der Waals surface area contributed by atoms with Crippen molar-refractivity contribution in [3.05, 3.63) is 68.4 Å². The molecule has 2 heterocycles. The van der Waals surface area contributed by atoms with E-state index in [4.69, 9.17) is 11.6 Å². The summed E-state index contributed by atoms with van der Waals surface area (Å²) in [6.07, 6.45) is 3.17. The summed E-state index contributed by atoms with van der Waals surface area (Å²) in [5, 5.41) is 0.995. The summed E-state index contributed by atoms with van der Waals surface area (Å²) in [5.74, 6) is 0. The van der Waals surface area contributed by atoms with Gasteiger partial charge in [-0.3, -0.25) is 9.36 Å². The molecule has 0 saturated carbocycles. The van der Waals surface area contributed by atoms with Crippen LogP contribution in [0.15, 0.2) is 52.1 Å². The maximum atomic E-state index is 12.4. The predicted octanol–water partition coefficient (Wildman–Crippen LogP) is 3.26. The molecule has 0 unspecified atom stereocenters. The first-order valence-electron chi connectivity index (χ1n) is 5.88. The maximum Gasteiger partial charge on any atom is 0.261 e. The van der Waals surface area contributed by atoms with Crippen LogP contribution in [-0.4, -0.2) is 14.5 Å². The van der Waals surface area contributed by atoms with Gasteiger partial charge in [0.05, 0.1) is 23.8 Å². The summed E-state index contributed by atoms with van der Waals surface area (Å²) in [4.78, 5) is 20.6. The largest absolute Gasteiger partial charge is 0.294 e. The molecule has 0 atom stereocenters. The van der Waals surface area contributed by atoms with Crippen LogP contribution in [0.2, 0.25) is 5.15 Å². The molecule has 3 rings (SSSR count). The number of nitrogens with zero attached hydrogens (tertiary/aromatic N) is 3. The van der Waals surface area contributed by atoms with E-state index in [1.807, 2.05) is 18.2 Å². The standard InChI is InChI=1S/C14H9BrClN3O/c15-10-1-2-12-11(6-10)14(20)19(8-18-12)7-9-3-4-17-13(16)5-9/h1-6,8H,7H2. The molecule has 6 heteroatoms. The van der Waals surface area contributed by atoms with E-state index in [9.17, 15) is 4.79 Å². The van der Waals surface area contributed by atoms with Crippen molar-refractivity contribution < 1.29 is 0 Å². The van der Waals surface area contributed by atoms with Gasteiger partial charge in [-0.15, -0.1) is 0 Å². The molecule has 0 aliphatic heterocycles. The Labute approximate surface area is 128 Å². The molecular weight excluding hydrogens is 342 g/mol. The highest BCUT2D eigenvalue weighted by Gasteiger charge is 2.05. The van der Waals surface area contributed by atoms with Crippen LogP contribution in [0, 0.1) is 0 Å². The summed E-state index contributed by atoms with van der Waals surface area (Å²) in [6.45, 7) is 0.413. The van der Waals surface area contributed by atoms with Crippen LogP contribution in [0.4, 0.5) is 0 Å². The molecule has 0 fully saturated rings. The lowest BCUT2D eigenvalue weighted by atomic mass is 10.2. The van der Waals surface area contributed by atoms with E-state index in [0.29, 0.717) is 22.6 Å². The lowest BCUT2D eigenvalue weighted by Crippen LogP contribution is -2.21. The molecule has 0 amide bonds. The van der Waals surface area contributed by atoms with Gasteiger partial charge in [0.2, 0.25) is 0 Å². The van der Waals surface area contributed by atoms with Gasteiger partial charge in [-0.2, -0.15) is 0 Å².